The van der Waals surface area contributed by atoms with Crippen molar-refractivity contribution in [3.8, 4) is 11.5 Å². The van der Waals surface area contributed by atoms with E-state index in [1.165, 1.54) is 18.2 Å². The topological polar surface area (TPSA) is 66.8 Å². The summed E-state index contributed by atoms with van der Waals surface area (Å²) < 4.78 is 5.07. The Labute approximate surface area is 122 Å². The molecule has 2 rings (SSSR count). The van der Waals surface area contributed by atoms with Gasteiger partial charge in [-0.15, -0.1) is 0 Å². The number of carbonyl (C=O) groups is 1. The second-order valence-electron chi connectivity index (χ2n) is 4.48. The molecule has 2 N–H and O–H groups in total. The first kappa shape index (κ1) is 14.7. The highest BCUT2D eigenvalue weighted by Crippen LogP contribution is 2.24. The van der Waals surface area contributed by atoms with Crippen LogP contribution in [0, 0.1) is 0 Å². The molecular weight excluding hydrogens is 268 g/mol. The molecule has 0 saturated carbocycles. The van der Waals surface area contributed by atoms with E-state index in [2.05, 4.69) is 0 Å². The summed E-state index contributed by atoms with van der Waals surface area (Å²) in [4.78, 5) is 11.5. The molecule has 4 nitrogen and oxygen atoms in total. The maximum absolute atomic E-state index is 11.5. The van der Waals surface area contributed by atoms with Crippen molar-refractivity contribution in [2.45, 2.75) is 6.42 Å². The largest absolute Gasteiger partial charge is 0.504 e. The Hall–Kier alpha value is -2.75. The zero-order valence-corrected chi connectivity index (χ0v) is 11.4. The summed E-state index contributed by atoms with van der Waals surface area (Å²) in [7, 11) is 0. The summed E-state index contributed by atoms with van der Waals surface area (Å²) >= 11 is 0. The molecule has 0 saturated heterocycles. The van der Waals surface area contributed by atoms with Gasteiger partial charge < -0.3 is 14.9 Å². The van der Waals surface area contributed by atoms with Gasteiger partial charge in [0.2, 0.25) is 0 Å². The lowest BCUT2D eigenvalue weighted by Crippen LogP contribution is -2.04. The molecule has 2 aromatic carbocycles. The molecule has 0 aromatic heterocycles. The smallest absolute Gasteiger partial charge is 0.330 e. The Morgan fingerprint density at radius 3 is 2.52 bits per heavy atom. The average Bonchev–Trinajstić information content (AvgIpc) is 2.50. The van der Waals surface area contributed by atoms with E-state index in [0.29, 0.717) is 6.42 Å². The van der Waals surface area contributed by atoms with Crippen LogP contribution in [0.3, 0.4) is 0 Å². The van der Waals surface area contributed by atoms with Crippen molar-refractivity contribution in [3.05, 3.63) is 65.7 Å². The van der Waals surface area contributed by atoms with Gasteiger partial charge in [-0.2, -0.15) is 0 Å². The maximum atomic E-state index is 11.5. The third kappa shape index (κ3) is 4.69. The highest BCUT2D eigenvalue weighted by atomic mass is 16.5. The molecule has 108 valence electrons. The van der Waals surface area contributed by atoms with Gasteiger partial charge in [0, 0.05) is 12.5 Å². The Balaban J connectivity index is 1.79. The molecule has 2 aromatic rings. The summed E-state index contributed by atoms with van der Waals surface area (Å²) in [6.45, 7) is 0.210. The van der Waals surface area contributed by atoms with Crippen molar-refractivity contribution in [2.75, 3.05) is 6.61 Å². The number of carbonyl (C=O) groups excluding carboxylic acids is 1. The molecule has 0 radical (unpaired) electrons. The van der Waals surface area contributed by atoms with Gasteiger partial charge >= 0.3 is 5.97 Å². The van der Waals surface area contributed by atoms with Gasteiger partial charge in [0.1, 0.15) is 0 Å². The third-order valence-corrected chi connectivity index (χ3v) is 2.89. The molecule has 0 unspecified atom stereocenters. The van der Waals surface area contributed by atoms with Crippen molar-refractivity contribution in [1.82, 2.24) is 0 Å². The molecule has 0 fully saturated rings. The fourth-order valence-corrected chi connectivity index (χ4v) is 1.77. The molecule has 21 heavy (non-hydrogen) atoms. The quantitative estimate of drug-likeness (QED) is 0.503. The number of benzene rings is 2. The van der Waals surface area contributed by atoms with Gasteiger partial charge in [0.25, 0.3) is 0 Å². The summed E-state index contributed by atoms with van der Waals surface area (Å²) in [5, 5.41) is 18.5. The molecule has 0 spiro atoms. The van der Waals surface area contributed by atoms with E-state index >= 15 is 0 Å². The molecule has 0 heterocycles. The Morgan fingerprint density at radius 2 is 1.81 bits per heavy atom. The number of hydrogen-bond donors (Lipinski definition) is 2. The minimum absolute atomic E-state index is 0.165. The van der Waals surface area contributed by atoms with Gasteiger partial charge in [-0.05, 0) is 29.3 Å². The predicted molar refractivity (Wildman–Crippen MR) is 79.9 cm³/mol. The third-order valence-electron chi connectivity index (χ3n) is 2.89. The molecule has 0 aliphatic rings. The number of ether oxygens (including phenoxy) is 1. The van der Waals surface area contributed by atoms with Crippen LogP contribution in [-0.4, -0.2) is 22.8 Å². The number of esters is 1. The van der Waals surface area contributed by atoms with Crippen molar-refractivity contribution >= 4 is 12.0 Å². The fraction of sp³-hybridized carbons (Fsp3) is 0.118. The van der Waals surface area contributed by atoms with Crippen LogP contribution in [0.4, 0.5) is 0 Å². The highest BCUT2D eigenvalue weighted by molar-refractivity contribution is 5.87. The van der Waals surface area contributed by atoms with E-state index in [0.717, 1.165) is 11.1 Å². The van der Waals surface area contributed by atoms with E-state index < -0.39 is 5.97 Å². The van der Waals surface area contributed by atoms with Crippen LogP contribution in [-0.2, 0) is 16.0 Å². The summed E-state index contributed by atoms with van der Waals surface area (Å²) in [6.07, 6.45) is 3.54. The van der Waals surface area contributed by atoms with Gasteiger partial charge in [-0.25, -0.2) is 4.79 Å². The van der Waals surface area contributed by atoms with Gasteiger partial charge in [0.05, 0.1) is 6.61 Å². The average molecular weight is 284 g/mol. The van der Waals surface area contributed by atoms with Gasteiger partial charge in [-0.1, -0.05) is 36.4 Å². The van der Waals surface area contributed by atoms with Crippen molar-refractivity contribution < 1.29 is 19.7 Å². The summed E-state index contributed by atoms with van der Waals surface area (Å²) in [6, 6.07) is 14.0. The maximum Gasteiger partial charge on any atom is 0.330 e. The van der Waals surface area contributed by atoms with Crippen molar-refractivity contribution in [1.29, 1.82) is 0 Å². The number of phenolic OH excluding ortho intramolecular Hbond substituents is 2. The standard InChI is InChI=1S/C17H16O4/c18-15-8-6-14(12-16(15)19)10-11-21-17(20)9-7-13-4-2-1-3-5-13/h1-9,12,18-19H,10-11H2/b9-7+. The number of aromatic hydroxyl groups is 2. The predicted octanol–water partition coefficient (Wildman–Crippen LogP) is 2.90. The first-order chi connectivity index (χ1) is 10.1. The Morgan fingerprint density at radius 1 is 1.05 bits per heavy atom. The Kier molecular flexibility index (Phi) is 4.99. The van der Waals surface area contributed by atoms with Crippen LogP contribution in [0.15, 0.2) is 54.6 Å². The lowest BCUT2D eigenvalue weighted by molar-refractivity contribution is -0.137. The molecule has 0 aliphatic carbocycles. The van der Waals surface area contributed by atoms with Crippen molar-refractivity contribution in [3.63, 3.8) is 0 Å². The van der Waals surface area contributed by atoms with E-state index in [9.17, 15) is 15.0 Å². The minimum atomic E-state index is -0.415. The van der Waals surface area contributed by atoms with E-state index in [1.54, 1.807) is 12.1 Å². The van der Waals surface area contributed by atoms with Crippen LogP contribution in [0.1, 0.15) is 11.1 Å². The van der Waals surface area contributed by atoms with Crippen molar-refractivity contribution in [2.24, 2.45) is 0 Å². The summed E-state index contributed by atoms with van der Waals surface area (Å²) in [5.41, 5.74) is 1.71. The lowest BCUT2D eigenvalue weighted by atomic mass is 10.1. The van der Waals surface area contributed by atoms with Crippen LogP contribution in [0.2, 0.25) is 0 Å². The molecular formula is C17H16O4. The zero-order chi connectivity index (χ0) is 15.1. The van der Waals surface area contributed by atoms with E-state index in [1.807, 2.05) is 30.3 Å². The van der Waals surface area contributed by atoms with E-state index in [-0.39, 0.29) is 18.1 Å². The number of rotatable bonds is 5. The number of phenols is 2. The van der Waals surface area contributed by atoms with Crippen LogP contribution in [0.25, 0.3) is 6.08 Å². The SMILES string of the molecule is O=C(/C=C/c1ccccc1)OCCc1ccc(O)c(O)c1. The second kappa shape index (κ2) is 7.14. The zero-order valence-electron chi connectivity index (χ0n) is 11.4. The van der Waals surface area contributed by atoms with E-state index in [4.69, 9.17) is 4.74 Å². The van der Waals surface area contributed by atoms with Gasteiger partial charge in [0.15, 0.2) is 11.5 Å². The molecule has 0 aliphatic heterocycles. The van der Waals surface area contributed by atoms with Crippen LogP contribution >= 0.6 is 0 Å². The first-order valence-corrected chi connectivity index (χ1v) is 6.56. The molecule has 0 atom stereocenters. The molecule has 0 amide bonds. The number of hydrogen-bond acceptors (Lipinski definition) is 4. The summed E-state index contributed by atoms with van der Waals surface area (Å²) in [5.74, 6) is -0.758. The van der Waals surface area contributed by atoms with Gasteiger partial charge in [-0.3, -0.25) is 0 Å². The first-order valence-electron chi connectivity index (χ1n) is 6.56. The van der Waals surface area contributed by atoms with Crippen LogP contribution < -0.4 is 0 Å². The van der Waals surface area contributed by atoms with Crippen LogP contribution in [0.5, 0.6) is 11.5 Å². The molecule has 0 bridgehead atoms. The second-order valence-corrected chi connectivity index (χ2v) is 4.48. The highest BCUT2D eigenvalue weighted by Gasteiger charge is 2.02. The Bertz CT molecular complexity index is 632. The normalized spacial score (nSPS) is 10.7. The minimum Gasteiger partial charge on any atom is -0.504 e. The monoisotopic (exact) mass is 284 g/mol. The molecule has 4 heteroatoms. The lowest BCUT2D eigenvalue weighted by Gasteiger charge is -2.04. The fourth-order valence-electron chi connectivity index (χ4n) is 1.77.